The molecule has 20 heavy (non-hydrogen) atoms. The van der Waals surface area contributed by atoms with Crippen LogP contribution in [0.25, 0.3) is 0 Å². The van der Waals surface area contributed by atoms with Gasteiger partial charge in [-0.05, 0) is 32.9 Å². The fourth-order valence-electron chi connectivity index (χ4n) is 2.20. The molecule has 0 saturated heterocycles. The molecule has 0 aromatic heterocycles. The monoisotopic (exact) mass is 339 g/mol. The van der Waals surface area contributed by atoms with E-state index in [2.05, 4.69) is 21.2 Å². The minimum atomic E-state index is -0.694. The lowest BCUT2D eigenvalue weighted by Gasteiger charge is -2.23. The zero-order valence-corrected chi connectivity index (χ0v) is 13.3. The molecule has 0 radical (unpaired) electrons. The molecule has 2 amide bonds. The molecule has 0 spiro atoms. The van der Waals surface area contributed by atoms with Gasteiger partial charge in [-0.15, -0.1) is 0 Å². The molecule has 1 aliphatic rings. The first-order valence-electron chi connectivity index (χ1n) is 6.36. The predicted octanol–water partition coefficient (Wildman–Crippen LogP) is 1.71. The van der Waals surface area contributed by atoms with Crippen molar-refractivity contribution < 1.29 is 9.59 Å². The number of nitrogens with zero attached hydrogens (tertiary/aromatic N) is 1. The summed E-state index contributed by atoms with van der Waals surface area (Å²) >= 11 is 3.37. The van der Waals surface area contributed by atoms with Crippen molar-refractivity contribution in [2.24, 2.45) is 5.73 Å². The van der Waals surface area contributed by atoms with E-state index in [9.17, 15) is 9.59 Å². The first-order chi connectivity index (χ1) is 9.19. The second kappa shape index (κ2) is 5.18. The normalized spacial score (nSPS) is 18.1. The van der Waals surface area contributed by atoms with Crippen molar-refractivity contribution in [1.82, 2.24) is 5.32 Å². The molecule has 5 nitrogen and oxygen atoms in total. The quantitative estimate of drug-likeness (QED) is 0.861. The molecular weight excluding hydrogens is 322 g/mol. The Morgan fingerprint density at radius 3 is 2.70 bits per heavy atom. The Morgan fingerprint density at radius 2 is 2.10 bits per heavy atom. The minimum Gasteiger partial charge on any atom is -0.350 e. The van der Waals surface area contributed by atoms with Crippen molar-refractivity contribution in [1.29, 1.82) is 0 Å². The number of halogens is 1. The Hall–Kier alpha value is -1.40. The molecule has 2 rings (SSSR count). The third kappa shape index (κ3) is 3.02. The standard InChI is InChI=1S/C14H18BrN3O2/c1-14(2,3)17-11(19)7-18-10-6-8(15)4-5-9(10)12(16)13(18)20/h4-6,12H,7,16H2,1-3H3,(H,17,19). The van der Waals surface area contributed by atoms with Crippen LogP contribution in [0.4, 0.5) is 5.69 Å². The summed E-state index contributed by atoms with van der Waals surface area (Å²) < 4.78 is 0.847. The summed E-state index contributed by atoms with van der Waals surface area (Å²) in [6.45, 7) is 5.67. The van der Waals surface area contributed by atoms with E-state index in [4.69, 9.17) is 5.73 Å². The highest BCUT2D eigenvalue weighted by molar-refractivity contribution is 9.10. The number of benzene rings is 1. The van der Waals surface area contributed by atoms with Gasteiger partial charge in [0.25, 0.3) is 0 Å². The Morgan fingerprint density at radius 1 is 1.45 bits per heavy atom. The van der Waals surface area contributed by atoms with Gasteiger partial charge in [0.2, 0.25) is 11.8 Å². The summed E-state index contributed by atoms with van der Waals surface area (Å²) in [6.07, 6.45) is 0. The number of nitrogens with two attached hydrogens (primary N) is 1. The third-order valence-electron chi connectivity index (χ3n) is 2.97. The number of hydrogen-bond acceptors (Lipinski definition) is 3. The lowest BCUT2D eigenvalue weighted by atomic mass is 10.1. The second-order valence-corrected chi connectivity index (χ2v) is 6.82. The van der Waals surface area contributed by atoms with Gasteiger partial charge in [-0.3, -0.25) is 9.59 Å². The van der Waals surface area contributed by atoms with Crippen molar-refractivity contribution >= 4 is 33.4 Å². The van der Waals surface area contributed by atoms with Crippen LogP contribution in [0, 0.1) is 0 Å². The van der Waals surface area contributed by atoms with E-state index in [1.807, 2.05) is 39.0 Å². The number of carbonyl (C=O) groups excluding carboxylic acids is 2. The number of anilines is 1. The highest BCUT2D eigenvalue weighted by Crippen LogP contribution is 2.36. The molecule has 108 valence electrons. The smallest absolute Gasteiger partial charge is 0.249 e. The van der Waals surface area contributed by atoms with E-state index in [0.717, 1.165) is 10.0 Å². The van der Waals surface area contributed by atoms with Crippen LogP contribution in [0.2, 0.25) is 0 Å². The summed E-state index contributed by atoms with van der Waals surface area (Å²) in [5.41, 5.74) is 7.01. The molecule has 1 aromatic carbocycles. The number of fused-ring (bicyclic) bond motifs is 1. The predicted molar refractivity (Wildman–Crippen MR) is 81.3 cm³/mol. The van der Waals surface area contributed by atoms with Crippen molar-refractivity contribution in [3.8, 4) is 0 Å². The lowest BCUT2D eigenvalue weighted by molar-refractivity contribution is -0.124. The molecule has 1 atom stereocenters. The van der Waals surface area contributed by atoms with Crippen LogP contribution in [0.15, 0.2) is 22.7 Å². The topological polar surface area (TPSA) is 75.4 Å². The van der Waals surface area contributed by atoms with E-state index >= 15 is 0 Å². The van der Waals surface area contributed by atoms with Gasteiger partial charge in [-0.1, -0.05) is 22.0 Å². The number of rotatable bonds is 2. The van der Waals surface area contributed by atoms with Gasteiger partial charge in [0.05, 0.1) is 5.69 Å². The first-order valence-corrected chi connectivity index (χ1v) is 7.16. The molecule has 1 aliphatic heterocycles. The summed E-state index contributed by atoms with van der Waals surface area (Å²) in [6, 6.07) is 4.76. The molecule has 0 bridgehead atoms. The lowest BCUT2D eigenvalue weighted by Crippen LogP contribution is -2.47. The highest BCUT2D eigenvalue weighted by atomic mass is 79.9. The van der Waals surface area contributed by atoms with Crippen LogP contribution in [-0.2, 0) is 9.59 Å². The van der Waals surface area contributed by atoms with E-state index in [-0.39, 0.29) is 23.9 Å². The minimum absolute atomic E-state index is 0.0206. The third-order valence-corrected chi connectivity index (χ3v) is 3.46. The number of nitrogens with one attached hydrogen (secondary N) is 1. The number of amides is 2. The number of carbonyl (C=O) groups is 2. The molecular formula is C14H18BrN3O2. The van der Waals surface area contributed by atoms with Crippen molar-refractivity contribution in [2.75, 3.05) is 11.4 Å². The molecule has 1 heterocycles. The SMILES string of the molecule is CC(C)(C)NC(=O)CN1C(=O)C(N)c2ccc(Br)cc21. The van der Waals surface area contributed by atoms with Crippen LogP contribution in [-0.4, -0.2) is 23.9 Å². The van der Waals surface area contributed by atoms with Gasteiger partial charge in [0, 0.05) is 15.6 Å². The van der Waals surface area contributed by atoms with Gasteiger partial charge < -0.3 is 16.0 Å². The van der Waals surface area contributed by atoms with Crippen LogP contribution in [0.5, 0.6) is 0 Å². The Labute approximate surface area is 126 Å². The molecule has 1 aromatic rings. The van der Waals surface area contributed by atoms with Gasteiger partial charge in [0.15, 0.2) is 0 Å². The largest absolute Gasteiger partial charge is 0.350 e. The molecule has 0 aliphatic carbocycles. The maximum atomic E-state index is 12.2. The van der Waals surface area contributed by atoms with Crippen molar-refractivity contribution in [2.45, 2.75) is 32.4 Å². The summed E-state index contributed by atoms with van der Waals surface area (Å²) in [7, 11) is 0. The molecule has 0 fully saturated rings. The zero-order valence-electron chi connectivity index (χ0n) is 11.7. The molecule has 3 N–H and O–H groups in total. The average Bonchev–Trinajstić information content (AvgIpc) is 2.52. The van der Waals surface area contributed by atoms with Crippen molar-refractivity contribution in [3.05, 3.63) is 28.2 Å². The maximum absolute atomic E-state index is 12.2. The Kier molecular flexibility index (Phi) is 3.88. The zero-order chi connectivity index (χ0) is 15.1. The highest BCUT2D eigenvalue weighted by Gasteiger charge is 2.36. The van der Waals surface area contributed by atoms with Gasteiger partial charge in [-0.25, -0.2) is 0 Å². The van der Waals surface area contributed by atoms with Crippen LogP contribution >= 0.6 is 15.9 Å². The maximum Gasteiger partial charge on any atom is 0.249 e. The van der Waals surface area contributed by atoms with E-state index in [0.29, 0.717) is 5.69 Å². The average molecular weight is 340 g/mol. The summed E-state index contributed by atoms with van der Waals surface area (Å²) in [4.78, 5) is 25.6. The Bertz CT molecular complexity index is 566. The van der Waals surface area contributed by atoms with Gasteiger partial charge in [0.1, 0.15) is 12.6 Å². The van der Waals surface area contributed by atoms with Gasteiger partial charge >= 0.3 is 0 Å². The molecule has 6 heteroatoms. The Balaban J connectivity index is 2.23. The van der Waals surface area contributed by atoms with E-state index in [1.54, 1.807) is 0 Å². The summed E-state index contributed by atoms with van der Waals surface area (Å²) in [5, 5.41) is 2.84. The van der Waals surface area contributed by atoms with E-state index in [1.165, 1.54) is 4.90 Å². The second-order valence-electron chi connectivity index (χ2n) is 5.90. The molecule has 1 unspecified atom stereocenters. The van der Waals surface area contributed by atoms with E-state index < -0.39 is 6.04 Å². The number of hydrogen-bond donors (Lipinski definition) is 2. The first kappa shape index (κ1) is 15.0. The fourth-order valence-corrected chi connectivity index (χ4v) is 2.55. The fraction of sp³-hybridized carbons (Fsp3) is 0.429. The van der Waals surface area contributed by atoms with Crippen LogP contribution < -0.4 is 16.0 Å². The van der Waals surface area contributed by atoms with Crippen LogP contribution in [0.1, 0.15) is 32.4 Å². The van der Waals surface area contributed by atoms with Gasteiger partial charge in [-0.2, -0.15) is 0 Å². The van der Waals surface area contributed by atoms with Crippen molar-refractivity contribution in [3.63, 3.8) is 0 Å². The van der Waals surface area contributed by atoms with Crippen LogP contribution in [0.3, 0.4) is 0 Å². The summed E-state index contributed by atoms with van der Waals surface area (Å²) in [5.74, 6) is -0.451. The molecule has 0 saturated carbocycles.